The van der Waals surface area contributed by atoms with Crippen molar-refractivity contribution >= 4 is 0 Å². The van der Waals surface area contributed by atoms with Crippen molar-refractivity contribution in [1.29, 1.82) is 0 Å². The molecule has 1 aliphatic heterocycles. The molecular weight excluding hydrogens is 224 g/mol. The van der Waals surface area contributed by atoms with Gasteiger partial charge in [0.05, 0.1) is 6.61 Å². The van der Waals surface area contributed by atoms with Crippen LogP contribution in [0.2, 0.25) is 0 Å². The van der Waals surface area contributed by atoms with Gasteiger partial charge < -0.3 is 10.5 Å². The maximum Gasteiger partial charge on any atom is 0.0503 e. The van der Waals surface area contributed by atoms with E-state index in [1.54, 1.807) is 7.11 Å². The maximum absolute atomic E-state index is 6.05. The lowest BCUT2D eigenvalue weighted by Gasteiger charge is -2.38. The molecule has 0 saturated carbocycles. The SMILES string of the molecule is CCCCCCC(C)(CN)N1CCC(COC)C1. The van der Waals surface area contributed by atoms with E-state index >= 15 is 0 Å². The highest BCUT2D eigenvalue weighted by Crippen LogP contribution is 2.28. The number of nitrogens with zero attached hydrogens (tertiary/aromatic N) is 1. The molecule has 18 heavy (non-hydrogen) atoms. The van der Waals surface area contributed by atoms with Gasteiger partial charge in [0.1, 0.15) is 0 Å². The number of unbranched alkanes of at least 4 members (excludes halogenated alkanes) is 3. The first-order chi connectivity index (χ1) is 8.66. The Bertz CT molecular complexity index is 223. The fourth-order valence-electron chi connectivity index (χ4n) is 3.02. The van der Waals surface area contributed by atoms with Crippen LogP contribution < -0.4 is 5.73 Å². The first-order valence-corrected chi connectivity index (χ1v) is 7.60. The zero-order valence-corrected chi connectivity index (χ0v) is 12.6. The lowest BCUT2D eigenvalue weighted by Crippen LogP contribution is -2.50. The number of likely N-dealkylation sites (tertiary alicyclic amines) is 1. The summed E-state index contributed by atoms with van der Waals surface area (Å²) in [5.74, 6) is 0.705. The summed E-state index contributed by atoms with van der Waals surface area (Å²) in [5, 5.41) is 0. The van der Waals surface area contributed by atoms with Gasteiger partial charge >= 0.3 is 0 Å². The molecule has 0 aromatic carbocycles. The fraction of sp³-hybridized carbons (Fsp3) is 1.00. The van der Waals surface area contributed by atoms with Gasteiger partial charge in [0, 0.05) is 25.7 Å². The fourth-order valence-corrected chi connectivity index (χ4v) is 3.02. The summed E-state index contributed by atoms with van der Waals surface area (Å²) in [6, 6.07) is 0. The molecule has 2 atom stereocenters. The molecular formula is C15H32N2O. The number of rotatable bonds is 9. The van der Waals surface area contributed by atoms with Crippen LogP contribution in [0.15, 0.2) is 0 Å². The van der Waals surface area contributed by atoms with E-state index in [-0.39, 0.29) is 5.54 Å². The normalized spacial score (nSPS) is 24.3. The third-order valence-corrected chi connectivity index (χ3v) is 4.46. The number of methoxy groups -OCH3 is 1. The summed E-state index contributed by atoms with van der Waals surface area (Å²) in [5.41, 5.74) is 6.25. The molecule has 0 aliphatic carbocycles. The van der Waals surface area contributed by atoms with Gasteiger partial charge in [0.2, 0.25) is 0 Å². The molecule has 108 valence electrons. The Hall–Kier alpha value is -0.120. The zero-order chi connectivity index (χ0) is 13.4. The van der Waals surface area contributed by atoms with Crippen molar-refractivity contribution in [2.24, 2.45) is 11.7 Å². The molecule has 0 spiro atoms. The van der Waals surface area contributed by atoms with Crippen LogP contribution in [-0.2, 0) is 4.74 Å². The molecule has 0 radical (unpaired) electrons. The highest BCUT2D eigenvalue weighted by Gasteiger charge is 2.35. The van der Waals surface area contributed by atoms with Crippen molar-refractivity contribution in [3.8, 4) is 0 Å². The summed E-state index contributed by atoms with van der Waals surface area (Å²) >= 11 is 0. The van der Waals surface area contributed by atoms with Crippen molar-refractivity contribution in [2.45, 2.75) is 57.9 Å². The second-order valence-electron chi connectivity index (χ2n) is 6.07. The van der Waals surface area contributed by atoms with Crippen molar-refractivity contribution in [3.05, 3.63) is 0 Å². The third kappa shape index (κ3) is 4.52. The van der Waals surface area contributed by atoms with Crippen LogP contribution >= 0.6 is 0 Å². The molecule has 3 heteroatoms. The lowest BCUT2D eigenvalue weighted by atomic mass is 9.92. The number of nitrogens with two attached hydrogens (primary N) is 1. The number of hydrogen-bond acceptors (Lipinski definition) is 3. The molecule has 0 bridgehead atoms. The average molecular weight is 256 g/mol. The quantitative estimate of drug-likeness (QED) is 0.645. The van der Waals surface area contributed by atoms with Gasteiger partial charge in [-0.15, -0.1) is 0 Å². The molecule has 1 aliphatic rings. The Kier molecular flexibility index (Phi) is 7.20. The van der Waals surface area contributed by atoms with Gasteiger partial charge in [-0.2, -0.15) is 0 Å². The van der Waals surface area contributed by atoms with Crippen molar-refractivity contribution in [3.63, 3.8) is 0 Å². The van der Waals surface area contributed by atoms with Crippen LogP contribution in [0.1, 0.15) is 52.4 Å². The number of hydrogen-bond donors (Lipinski definition) is 1. The summed E-state index contributed by atoms with van der Waals surface area (Å²) in [6.07, 6.45) is 7.82. The van der Waals surface area contributed by atoms with Crippen LogP contribution in [0.3, 0.4) is 0 Å². The Balaban J connectivity index is 2.38. The number of ether oxygens (including phenoxy) is 1. The topological polar surface area (TPSA) is 38.5 Å². The summed E-state index contributed by atoms with van der Waals surface area (Å²) in [7, 11) is 1.80. The van der Waals surface area contributed by atoms with Crippen molar-refractivity contribution < 1.29 is 4.74 Å². The monoisotopic (exact) mass is 256 g/mol. The van der Waals surface area contributed by atoms with E-state index in [9.17, 15) is 0 Å². The van der Waals surface area contributed by atoms with E-state index in [4.69, 9.17) is 10.5 Å². The summed E-state index contributed by atoms with van der Waals surface area (Å²) < 4.78 is 5.28. The smallest absolute Gasteiger partial charge is 0.0503 e. The van der Waals surface area contributed by atoms with Gasteiger partial charge in [0.15, 0.2) is 0 Å². The Morgan fingerprint density at radius 2 is 2.11 bits per heavy atom. The van der Waals surface area contributed by atoms with Crippen LogP contribution in [0.25, 0.3) is 0 Å². The van der Waals surface area contributed by atoms with E-state index in [2.05, 4.69) is 18.7 Å². The standard InChI is InChI=1S/C15H32N2O/c1-4-5-6-7-9-15(2,13-16)17-10-8-14(11-17)12-18-3/h14H,4-13,16H2,1-3H3. The van der Waals surface area contributed by atoms with Gasteiger partial charge in [-0.05, 0) is 32.2 Å². The van der Waals surface area contributed by atoms with Crippen LogP contribution in [0, 0.1) is 5.92 Å². The average Bonchev–Trinajstić information content (AvgIpc) is 2.84. The van der Waals surface area contributed by atoms with E-state index in [0.717, 1.165) is 19.7 Å². The minimum atomic E-state index is 0.205. The predicted octanol–water partition coefficient (Wildman–Crippen LogP) is 2.64. The van der Waals surface area contributed by atoms with Crippen molar-refractivity contribution in [2.75, 3.05) is 33.4 Å². The van der Waals surface area contributed by atoms with Crippen LogP contribution in [0.5, 0.6) is 0 Å². The molecule has 2 N–H and O–H groups in total. The maximum atomic E-state index is 6.05. The second kappa shape index (κ2) is 8.13. The van der Waals surface area contributed by atoms with E-state index < -0.39 is 0 Å². The molecule has 1 fully saturated rings. The summed E-state index contributed by atoms with van der Waals surface area (Å²) in [6.45, 7) is 8.63. The molecule has 0 aromatic heterocycles. The van der Waals surface area contributed by atoms with E-state index in [1.165, 1.54) is 45.1 Å². The van der Waals surface area contributed by atoms with Gasteiger partial charge in [-0.3, -0.25) is 4.90 Å². The van der Waals surface area contributed by atoms with Crippen LogP contribution in [-0.4, -0.2) is 43.8 Å². The van der Waals surface area contributed by atoms with Gasteiger partial charge in [-0.1, -0.05) is 32.6 Å². The van der Waals surface area contributed by atoms with E-state index in [0.29, 0.717) is 5.92 Å². The minimum absolute atomic E-state index is 0.205. The van der Waals surface area contributed by atoms with E-state index in [1.807, 2.05) is 0 Å². The van der Waals surface area contributed by atoms with Gasteiger partial charge in [0.25, 0.3) is 0 Å². The molecule has 1 rings (SSSR count). The first-order valence-electron chi connectivity index (χ1n) is 7.60. The third-order valence-electron chi connectivity index (χ3n) is 4.46. The highest BCUT2D eigenvalue weighted by atomic mass is 16.5. The van der Waals surface area contributed by atoms with Crippen molar-refractivity contribution in [1.82, 2.24) is 4.90 Å². The molecule has 1 heterocycles. The first kappa shape index (κ1) is 15.9. The molecule has 0 aromatic rings. The zero-order valence-electron chi connectivity index (χ0n) is 12.6. The second-order valence-corrected chi connectivity index (χ2v) is 6.07. The molecule has 1 saturated heterocycles. The van der Waals surface area contributed by atoms with Gasteiger partial charge in [-0.25, -0.2) is 0 Å². The summed E-state index contributed by atoms with van der Waals surface area (Å²) in [4.78, 5) is 2.60. The Morgan fingerprint density at radius 1 is 1.33 bits per heavy atom. The molecule has 2 unspecified atom stereocenters. The predicted molar refractivity (Wildman–Crippen MR) is 77.8 cm³/mol. The Morgan fingerprint density at radius 3 is 2.72 bits per heavy atom. The highest BCUT2D eigenvalue weighted by molar-refractivity contribution is 4.92. The van der Waals surface area contributed by atoms with Crippen LogP contribution in [0.4, 0.5) is 0 Å². The minimum Gasteiger partial charge on any atom is -0.384 e. The Labute approximate surface area is 113 Å². The molecule has 3 nitrogen and oxygen atoms in total. The largest absolute Gasteiger partial charge is 0.384 e. The molecule has 0 amide bonds. The lowest BCUT2D eigenvalue weighted by molar-refractivity contribution is 0.107.